The third-order valence-electron chi connectivity index (χ3n) is 2.79. The van der Waals surface area contributed by atoms with Crippen LogP contribution in [0.1, 0.15) is 25.6 Å². The Morgan fingerprint density at radius 3 is 3.00 bits per heavy atom. The molecule has 0 aromatic carbocycles. The molecule has 1 aliphatic carbocycles. The zero-order chi connectivity index (χ0) is 9.31. The van der Waals surface area contributed by atoms with Crippen molar-refractivity contribution in [1.82, 2.24) is 9.55 Å². The number of aldehydes is 1. The number of rotatable bonds is 4. The van der Waals surface area contributed by atoms with Crippen molar-refractivity contribution in [3.8, 4) is 0 Å². The van der Waals surface area contributed by atoms with Gasteiger partial charge in [0.2, 0.25) is 0 Å². The summed E-state index contributed by atoms with van der Waals surface area (Å²) in [7, 11) is 0. The van der Waals surface area contributed by atoms with Crippen LogP contribution in [-0.2, 0) is 17.8 Å². The molecule has 0 atom stereocenters. The number of hydrogen-bond acceptors (Lipinski definition) is 2. The van der Waals surface area contributed by atoms with Crippen molar-refractivity contribution in [2.75, 3.05) is 0 Å². The van der Waals surface area contributed by atoms with Gasteiger partial charge >= 0.3 is 0 Å². The van der Waals surface area contributed by atoms with Gasteiger partial charge in [0.05, 0.1) is 0 Å². The van der Waals surface area contributed by atoms with Gasteiger partial charge in [0, 0.05) is 30.8 Å². The molecular weight excluding hydrogens is 164 g/mol. The molecule has 0 bridgehead atoms. The molecule has 1 saturated carbocycles. The molecule has 1 fully saturated rings. The van der Waals surface area contributed by atoms with Gasteiger partial charge in [-0.25, -0.2) is 4.98 Å². The van der Waals surface area contributed by atoms with Crippen molar-refractivity contribution >= 4 is 6.29 Å². The van der Waals surface area contributed by atoms with Crippen LogP contribution >= 0.6 is 0 Å². The molecule has 0 amide bonds. The summed E-state index contributed by atoms with van der Waals surface area (Å²) >= 11 is 0. The molecule has 3 heteroatoms. The van der Waals surface area contributed by atoms with E-state index in [1.807, 2.05) is 6.20 Å². The van der Waals surface area contributed by atoms with Crippen LogP contribution in [0.2, 0.25) is 0 Å². The Kier molecular flexibility index (Phi) is 1.94. The third kappa shape index (κ3) is 1.50. The Bertz CT molecular complexity index is 312. The maximum atomic E-state index is 10.8. The molecule has 1 aromatic rings. The largest absolute Gasteiger partial charge is 0.335 e. The third-order valence-corrected chi connectivity index (χ3v) is 2.79. The molecule has 1 aliphatic rings. The van der Waals surface area contributed by atoms with Crippen LogP contribution < -0.4 is 0 Å². The normalized spacial score (nSPS) is 18.5. The van der Waals surface area contributed by atoms with E-state index in [1.54, 1.807) is 6.20 Å². The van der Waals surface area contributed by atoms with E-state index in [9.17, 15) is 4.79 Å². The molecule has 1 heterocycles. The SMILES string of the molecule is CCn1ccnc1CC1(C=O)CC1. The molecule has 13 heavy (non-hydrogen) atoms. The number of imidazole rings is 1. The van der Waals surface area contributed by atoms with Gasteiger partial charge in [-0.1, -0.05) is 0 Å². The van der Waals surface area contributed by atoms with Gasteiger partial charge in [0.15, 0.2) is 0 Å². The number of hydrogen-bond donors (Lipinski definition) is 0. The van der Waals surface area contributed by atoms with E-state index in [-0.39, 0.29) is 5.41 Å². The van der Waals surface area contributed by atoms with Crippen LogP contribution in [0.15, 0.2) is 12.4 Å². The Hall–Kier alpha value is -1.12. The van der Waals surface area contributed by atoms with Gasteiger partial charge in [-0.3, -0.25) is 0 Å². The second-order valence-electron chi connectivity index (χ2n) is 3.79. The zero-order valence-corrected chi connectivity index (χ0v) is 7.86. The summed E-state index contributed by atoms with van der Waals surface area (Å²) in [6, 6.07) is 0. The van der Waals surface area contributed by atoms with E-state index in [2.05, 4.69) is 16.5 Å². The van der Waals surface area contributed by atoms with Crippen molar-refractivity contribution in [2.24, 2.45) is 5.41 Å². The second-order valence-corrected chi connectivity index (χ2v) is 3.79. The molecule has 2 rings (SSSR count). The molecule has 0 N–H and O–H groups in total. The lowest BCUT2D eigenvalue weighted by atomic mass is 10.0. The maximum Gasteiger partial charge on any atom is 0.126 e. The maximum absolute atomic E-state index is 10.8. The summed E-state index contributed by atoms with van der Waals surface area (Å²) in [5, 5.41) is 0. The molecule has 0 aliphatic heterocycles. The monoisotopic (exact) mass is 178 g/mol. The van der Waals surface area contributed by atoms with Crippen LogP contribution in [0.4, 0.5) is 0 Å². The Morgan fingerprint density at radius 1 is 1.69 bits per heavy atom. The minimum atomic E-state index is -0.0573. The smallest absolute Gasteiger partial charge is 0.126 e. The van der Waals surface area contributed by atoms with E-state index >= 15 is 0 Å². The summed E-state index contributed by atoms with van der Waals surface area (Å²) in [5.41, 5.74) is -0.0573. The van der Waals surface area contributed by atoms with Crippen LogP contribution in [0.5, 0.6) is 0 Å². The first-order chi connectivity index (χ1) is 6.29. The fourth-order valence-electron chi connectivity index (χ4n) is 1.61. The molecule has 0 saturated heterocycles. The fraction of sp³-hybridized carbons (Fsp3) is 0.600. The Labute approximate surface area is 77.8 Å². The standard InChI is InChI=1S/C10H14N2O/c1-2-12-6-5-11-9(12)7-10(8-13)3-4-10/h5-6,8H,2-4,7H2,1H3. The highest BCUT2D eigenvalue weighted by Crippen LogP contribution is 2.45. The Morgan fingerprint density at radius 2 is 2.46 bits per heavy atom. The first-order valence-electron chi connectivity index (χ1n) is 4.76. The van der Waals surface area contributed by atoms with Crippen LogP contribution in [0.3, 0.4) is 0 Å². The van der Waals surface area contributed by atoms with Crippen LogP contribution in [0, 0.1) is 5.41 Å². The summed E-state index contributed by atoms with van der Waals surface area (Å²) < 4.78 is 2.10. The molecule has 70 valence electrons. The van der Waals surface area contributed by atoms with Crippen LogP contribution in [-0.4, -0.2) is 15.8 Å². The zero-order valence-electron chi connectivity index (χ0n) is 7.86. The highest BCUT2D eigenvalue weighted by atomic mass is 16.1. The Balaban J connectivity index is 2.13. The lowest BCUT2D eigenvalue weighted by Crippen LogP contribution is -2.11. The summed E-state index contributed by atoms with van der Waals surface area (Å²) in [5.74, 6) is 1.05. The molecule has 0 radical (unpaired) electrons. The first-order valence-corrected chi connectivity index (χ1v) is 4.76. The van der Waals surface area contributed by atoms with Crippen LogP contribution in [0.25, 0.3) is 0 Å². The summed E-state index contributed by atoms with van der Waals surface area (Å²) in [6.45, 7) is 3.02. The predicted molar refractivity (Wildman–Crippen MR) is 49.3 cm³/mol. The lowest BCUT2D eigenvalue weighted by Gasteiger charge is -2.07. The van der Waals surface area contributed by atoms with Crippen molar-refractivity contribution < 1.29 is 4.79 Å². The molecule has 1 aromatic heterocycles. The number of aromatic nitrogens is 2. The highest BCUT2D eigenvalue weighted by Gasteiger charge is 2.43. The number of carbonyl (C=O) groups excluding carboxylic acids is 1. The summed E-state index contributed by atoms with van der Waals surface area (Å²) in [6.07, 6.45) is 7.76. The van der Waals surface area contributed by atoms with E-state index < -0.39 is 0 Å². The molecular formula is C10H14N2O. The van der Waals surface area contributed by atoms with Gasteiger partial charge in [0.1, 0.15) is 12.1 Å². The van der Waals surface area contributed by atoms with Gasteiger partial charge in [-0.2, -0.15) is 0 Å². The van der Waals surface area contributed by atoms with E-state index in [0.717, 1.165) is 37.9 Å². The first kappa shape index (κ1) is 8.48. The minimum Gasteiger partial charge on any atom is -0.335 e. The van der Waals surface area contributed by atoms with Gasteiger partial charge < -0.3 is 9.36 Å². The van der Waals surface area contributed by atoms with E-state index in [1.165, 1.54) is 0 Å². The number of aryl methyl sites for hydroxylation is 1. The van der Waals surface area contributed by atoms with Gasteiger partial charge in [0.25, 0.3) is 0 Å². The second kappa shape index (κ2) is 2.98. The minimum absolute atomic E-state index is 0.0573. The van der Waals surface area contributed by atoms with Crippen molar-refractivity contribution in [3.63, 3.8) is 0 Å². The van der Waals surface area contributed by atoms with Crippen molar-refractivity contribution in [1.29, 1.82) is 0 Å². The highest BCUT2D eigenvalue weighted by molar-refractivity contribution is 5.63. The molecule has 0 spiro atoms. The quantitative estimate of drug-likeness (QED) is 0.654. The molecule has 3 nitrogen and oxygen atoms in total. The van der Waals surface area contributed by atoms with E-state index in [4.69, 9.17) is 0 Å². The topological polar surface area (TPSA) is 34.9 Å². The van der Waals surface area contributed by atoms with Gasteiger partial charge in [-0.05, 0) is 19.8 Å². The van der Waals surface area contributed by atoms with Gasteiger partial charge in [-0.15, -0.1) is 0 Å². The van der Waals surface area contributed by atoms with Crippen molar-refractivity contribution in [3.05, 3.63) is 18.2 Å². The summed E-state index contributed by atoms with van der Waals surface area (Å²) in [4.78, 5) is 15.0. The van der Waals surface area contributed by atoms with Crippen molar-refractivity contribution in [2.45, 2.75) is 32.7 Å². The predicted octanol–water partition coefficient (Wildman–Crippen LogP) is 1.42. The number of nitrogens with zero attached hydrogens (tertiary/aromatic N) is 2. The lowest BCUT2D eigenvalue weighted by molar-refractivity contribution is -0.112. The average molecular weight is 178 g/mol. The van der Waals surface area contributed by atoms with E-state index in [0.29, 0.717) is 0 Å². The average Bonchev–Trinajstić information content (AvgIpc) is 2.78. The molecule has 0 unspecified atom stereocenters. The number of carbonyl (C=O) groups is 1. The fourth-order valence-corrected chi connectivity index (χ4v) is 1.61.